The smallest absolute Gasteiger partial charge is 0.218 e. The van der Waals surface area contributed by atoms with Gasteiger partial charge in [-0.25, -0.2) is 9.97 Å². The summed E-state index contributed by atoms with van der Waals surface area (Å²) in [4.78, 5) is 19.2. The molecule has 1 atom stereocenters. The van der Waals surface area contributed by atoms with E-state index in [0.717, 1.165) is 79.3 Å². The quantitative estimate of drug-likeness (QED) is 0.173. The van der Waals surface area contributed by atoms with Gasteiger partial charge in [0.2, 0.25) is 5.95 Å². The van der Waals surface area contributed by atoms with E-state index in [-0.39, 0.29) is 5.92 Å². The lowest BCUT2D eigenvalue weighted by Crippen LogP contribution is -2.18. The van der Waals surface area contributed by atoms with Gasteiger partial charge in [0.25, 0.3) is 0 Å². The van der Waals surface area contributed by atoms with Gasteiger partial charge in [-0.1, -0.05) is 140 Å². The number of anilines is 2. The van der Waals surface area contributed by atoms with Crippen LogP contribution in [0.25, 0.3) is 105 Å². The summed E-state index contributed by atoms with van der Waals surface area (Å²) in [6, 6.07) is 67.4. The van der Waals surface area contributed by atoms with Gasteiger partial charge < -0.3 is 9.13 Å². The number of fused-ring (bicyclic) bond motifs is 14. The average molecular weight is 873 g/mol. The van der Waals surface area contributed by atoms with Gasteiger partial charge >= 0.3 is 0 Å². The van der Waals surface area contributed by atoms with Crippen molar-refractivity contribution in [3.63, 3.8) is 0 Å². The van der Waals surface area contributed by atoms with Crippen LogP contribution in [0.2, 0.25) is 0 Å². The maximum Gasteiger partial charge on any atom is 0.218 e. The Labute approximate surface area is 390 Å². The molecule has 0 amide bonds. The molecule has 0 radical (unpaired) electrons. The van der Waals surface area contributed by atoms with Gasteiger partial charge in [0.05, 0.1) is 38.8 Å². The fraction of sp³-hybridized carbons (Fsp3) is 0.0500. The van der Waals surface area contributed by atoms with Gasteiger partial charge in [-0.05, 0) is 78.7 Å². The molecular weight excluding hydrogens is 833 g/mol. The first-order valence-electron chi connectivity index (χ1n) is 23.3. The van der Waals surface area contributed by atoms with Crippen molar-refractivity contribution >= 4 is 88.2 Å². The lowest BCUT2D eigenvalue weighted by Gasteiger charge is -2.25. The third-order valence-corrected chi connectivity index (χ3v) is 14.5. The summed E-state index contributed by atoms with van der Waals surface area (Å²) >= 11 is 0. The van der Waals surface area contributed by atoms with Crippen LogP contribution in [-0.2, 0) is 7.05 Å². The molecule has 0 saturated carbocycles. The summed E-state index contributed by atoms with van der Waals surface area (Å²) in [5.74, 6) is 1.69. The van der Waals surface area contributed by atoms with Crippen molar-refractivity contribution in [1.82, 2.24) is 33.2 Å². The molecule has 0 N–H and O–H groups in total. The van der Waals surface area contributed by atoms with E-state index in [2.05, 4.69) is 237 Å². The van der Waals surface area contributed by atoms with Crippen LogP contribution >= 0.6 is 0 Å². The maximum atomic E-state index is 5.77. The van der Waals surface area contributed by atoms with Crippen LogP contribution in [0.1, 0.15) is 17.9 Å². The molecule has 8 aromatic carbocycles. The summed E-state index contributed by atoms with van der Waals surface area (Å²) in [6.07, 6.45) is 7.66. The number of nitrogens with zero attached hydrogens (tertiary/aromatic N) is 8. The predicted molar refractivity (Wildman–Crippen MR) is 278 cm³/mol. The third-order valence-electron chi connectivity index (χ3n) is 14.5. The van der Waals surface area contributed by atoms with Crippen molar-refractivity contribution in [2.45, 2.75) is 12.3 Å². The van der Waals surface area contributed by atoms with Gasteiger partial charge in [-0.2, -0.15) is 4.98 Å². The van der Waals surface area contributed by atoms with Gasteiger partial charge in [-0.15, -0.1) is 0 Å². The minimum atomic E-state index is 0.156. The lowest BCUT2D eigenvalue weighted by molar-refractivity contribution is 0.816. The first-order chi connectivity index (χ1) is 33.7. The topological polar surface area (TPSA) is 61.6 Å². The number of aryl methyl sites for hydroxylation is 1. The Hall–Kier alpha value is -9.01. The molecule has 68 heavy (non-hydrogen) atoms. The van der Waals surface area contributed by atoms with Crippen molar-refractivity contribution in [1.29, 1.82) is 0 Å². The number of aromatic nitrogens is 7. The van der Waals surface area contributed by atoms with Crippen LogP contribution in [-0.4, -0.2) is 33.2 Å². The first-order valence-corrected chi connectivity index (χ1v) is 23.3. The monoisotopic (exact) mass is 872 g/mol. The third kappa shape index (κ3) is 5.06. The summed E-state index contributed by atoms with van der Waals surface area (Å²) in [5.41, 5.74) is 15.8. The second kappa shape index (κ2) is 14.0. The molecule has 0 spiro atoms. The molecule has 8 nitrogen and oxygen atoms in total. The van der Waals surface area contributed by atoms with Crippen LogP contribution in [0.5, 0.6) is 0 Å². The largest absolute Gasteiger partial charge is 0.309 e. The zero-order chi connectivity index (χ0) is 44.6. The molecule has 0 fully saturated rings. The van der Waals surface area contributed by atoms with Crippen LogP contribution in [0.15, 0.2) is 212 Å². The van der Waals surface area contributed by atoms with E-state index in [1.54, 1.807) is 0 Å². The van der Waals surface area contributed by atoms with Crippen molar-refractivity contribution in [2.75, 3.05) is 4.90 Å². The predicted octanol–water partition coefficient (Wildman–Crippen LogP) is 14.4. The van der Waals surface area contributed by atoms with Crippen molar-refractivity contribution < 1.29 is 0 Å². The molecule has 1 unspecified atom stereocenters. The average Bonchev–Trinajstić information content (AvgIpc) is 4.18. The lowest BCUT2D eigenvalue weighted by atomic mass is 9.91. The van der Waals surface area contributed by atoms with Gasteiger partial charge in [0.15, 0.2) is 17.1 Å². The SMILES string of the molecule is Cn1c(-n2c3ccccc3c3cc4c(cc32)c2ccccc2n4-c2ccccc2)nc2nc(-c3ccccc3)c(N3C4=CC=CCC4c4ccc5c(c43)c3ccccc3n5-c3ccccc3)nc21. The van der Waals surface area contributed by atoms with Crippen molar-refractivity contribution in [2.24, 2.45) is 7.05 Å². The molecule has 8 heteroatoms. The fourth-order valence-electron chi connectivity index (χ4n) is 11.5. The zero-order valence-electron chi connectivity index (χ0n) is 37.0. The molecule has 320 valence electrons. The highest BCUT2D eigenvalue weighted by molar-refractivity contribution is 6.20. The molecule has 1 aliphatic carbocycles. The summed E-state index contributed by atoms with van der Waals surface area (Å²) < 4.78 is 9.23. The van der Waals surface area contributed by atoms with E-state index in [0.29, 0.717) is 11.3 Å². The highest BCUT2D eigenvalue weighted by Gasteiger charge is 2.40. The van der Waals surface area contributed by atoms with Crippen molar-refractivity contribution in [3.05, 3.63) is 218 Å². The van der Waals surface area contributed by atoms with E-state index >= 15 is 0 Å². The van der Waals surface area contributed by atoms with Gasteiger partial charge in [0, 0.05) is 67.9 Å². The molecule has 0 saturated heterocycles. The summed E-state index contributed by atoms with van der Waals surface area (Å²) in [6.45, 7) is 0. The Balaban J connectivity index is 1.01. The number of para-hydroxylation sites is 5. The van der Waals surface area contributed by atoms with Crippen molar-refractivity contribution in [3.8, 4) is 28.6 Å². The summed E-state index contributed by atoms with van der Waals surface area (Å²) in [5, 5.41) is 7.10. The van der Waals surface area contributed by atoms with E-state index in [9.17, 15) is 0 Å². The Kier molecular flexibility index (Phi) is 7.67. The minimum Gasteiger partial charge on any atom is -0.309 e. The van der Waals surface area contributed by atoms with Gasteiger partial charge in [0.1, 0.15) is 5.69 Å². The zero-order valence-corrected chi connectivity index (χ0v) is 37.0. The number of benzene rings is 8. The molecule has 0 bridgehead atoms. The Morgan fingerprint density at radius 1 is 0.485 bits per heavy atom. The molecule has 1 aliphatic heterocycles. The van der Waals surface area contributed by atoms with Crippen LogP contribution in [0.4, 0.5) is 11.5 Å². The van der Waals surface area contributed by atoms with Crippen LogP contribution in [0, 0.1) is 0 Å². The van der Waals surface area contributed by atoms with Crippen LogP contribution < -0.4 is 4.90 Å². The second-order valence-electron chi connectivity index (χ2n) is 18.0. The number of hydrogen-bond acceptors (Lipinski definition) is 4. The number of allylic oxidation sites excluding steroid dienone is 4. The Morgan fingerprint density at radius 3 is 1.72 bits per heavy atom. The minimum absolute atomic E-state index is 0.156. The standard InChI is InChI=1S/C60H40N8/c1-64-59-57(62-60(64)67-48-30-16-13-27-42(48)46-35-52-45(36-53(46)67)41-26-12-15-29-47(41)66(52)39-23-9-4-10-24-39)61-55(37-19-5-2-6-20-37)58(63-59)68-49-31-17-11-25-40(49)43-33-34-51-54(56(43)68)44-28-14-18-32-50(44)65(51)38-21-7-3-8-22-38/h2-24,26-36,40H,25H2,1H3. The number of imidazole rings is 1. The van der Waals surface area contributed by atoms with E-state index < -0.39 is 0 Å². The second-order valence-corrected chi connectivity index (χ2v) is 18.0. The fourth-order valence-corrected chi connectivity index (χ4v) is 11.5. The first kappa shape index (κ1) is 37.2. The molecule has 13 aromatic rings. The number of hydrogen-bond donors (Lipinski definition) is 0. The van der Waals surface area contributed by atoms with E-state index in [4.69, 9.17) is 15.0 Å². The molecule has 2 aliphatic rings. The Bertz CT molecular complexity index is 4300. The van der Waals surface area contributed by atoms with Gasteiger partial charge in [-0.3, -0.25) is 14.0 Å². The molecule has 6 heterocycles. The number of rotatable bonds is 5. The Morgan fingerprint density at radius 2 is 1.04 bits per heavy atom. The maximum absolute atomic E-state index is 5.77. The van der Waals surface area contributed by atoms with E-state index in [1.807, 2.05) is 0 Å². The van der Waals surface area contributed by atoms with E-state index in [1.165, 1.54) is 43.8 Å². The van der Waals surface area contributed by atoms with Crippen LogP contribution in [0.3, 0.4) is 0 Å². The normalized spacial score (nSPS) is 14.6. The highest BCUT2D eigenvalue weighted by atomic mass is 15.3. The summed E-state index contributed by atoms with van der Waals surface area (Å²) in [7, 11) is 2.08. The molecule has 5 aromatic heterocycles. The molecular formula is C60H40N8. The molecule has 15 rings (SSSR count). The highest BCUT2D eigenvalue weighted by Crippen LogP contribution is 2.56.